The Bertz CT molecular complexity index is 820. The van der Waals surface area contributed by atoms with E-state index in [4.69, 9.17) is 9.68 Å². The van der Waals surface area contributed by atoms with Crippen LogP contribution in [0.15, 0.2) is 95.3 Å². The fourth-order valence-corrected chi connectivity index (χ4v) is 2.02. The lowest BCUT2D eigenvalue weighted by Gasteiger charge is -2.03. The van der Waals surface area contributed by atoms with E-state index in [2.05, 4.69) is 10.3 Å². The molecule has 1 aliphatic rings. The summed E-state index contributed by atoms with van der Waals surface area (Å²) in [7, 11) is 0. The highest BCUT2D eigenvalue weighted by Gasteiger charge is 2.08. The Kier molecular flexibility index (Phi) is 5.47. The number of oxime groups is 2. The molecular weight excluding hydrogens is 332 g/mol. The third kappa shape index (κ3) is 4.61. The van der Waals surface area contributed by atoms with E-state index in [1.807, 2.05) is 0 Å². The van der Waals surface area contributed by atoms with Gasteiger partial charge in [-0.3, -0.25) is 0 Å². The summed E-state index contributed by atoms with van der Waals surface area (Å²) in [5, 5.41) is 7.54. The third-order valence-electron chi connectivity index (χ3n) is 3.34. The first-order valence-electron chi connectivity index (χ1n) is 7.77. The first-order valence-corrected chi connectivity index (χ1v) is 7.77. The summed E-state index contributed by atoms with van der Waals surface area (Å²) in [5.41, 5.74) is 1.69. The molecule has 6 heteroatoms. The lowest BCUT2D eigenvalue weighted by molar-refractivity contribution is 0.0508. The SMILES string of the molecule is O=C(ON=C1C=CC(=NOC(=O)c2ccccc2)C=C1)c1ccccc1. The van der Waals surface area contributed by atoms with Crippen molar-refractivity contribution in [2.75, 3.05) is 0 Å². The summed E-state index contributed by atoms with van der Waals surface area (Å²) >= 11 is 0. The van der Waals surface area contributed by atoms with Crippen molar-refractivity contribution in [1.82, 2.24) is 0 Å². The molecular formula is C20H14N2O4. The molecule has 3 rings (SSSR count). The summed E-state index contributed by atoms with van der Waals surface area (Å²) in [4.78, 5) is 33.4. The average Bonchev–Trinajstić information content (AvgIpc) is 2.72. The second-order valence-electron chi connectivity index (χ2n) is 5.19. The molecule has 2 aromatic rings. The molecule has 2 aromatic carbocycles. The van der Waals surface area contributed by atoms with Gasteiger partial charge in [0.15, 0.2) is 0 Å². The zero-order valence-corrected chi connectivity index (χ0v) is 13.6. The molecule has 0 saturated carbocycles. The molecule has 0 atom stereocenters. The molecule has 1 aliphatic carbocycles. The smallest absolute Gasteiger partial charge is 0.312 e. The van der Waals surface area contributed by atoms with Crippen LogP contribution in [0.3, 0.4) is 0 Å². The Morgan fingerprint density at radius 1 is 0.577 bits per heavy atom. The molecule has 6 nitrogen and oxygen atoms in total. The lowest BCUT2D eigenvalue weighted by Crippen LogP contribution is -2.06. The van der Waals surface area contributed by atoms with Crippen molar-refractivity contribution >= 4 is 23.4 Å². The number of allylic oxidation sites excluding steroid dienone is 4. The van der Waals surface area contributed by atoms with E-state index in [1.54, 1.807) is 85.0 Å². The zero-order valence-electron chi connectivity index (χ0n) is 13.6. The van der Waals surface area contributed by atoms with Gasteiger partial charge < -0.3 is 9.68 Å². The van der Waals surface area contributed by atoms with Gasteiger partial charge in [0.1, 0.15) is 11.4 Å². The molecule has 0 unspecified atom stereocenters. The summed E-state index contributed by atoms with van der Waals surface area (Å²) in [6, 6.07) is 17.1. The van der Waals surface area contributed by atoms with Gasteiger partial charge in [0, 0.05) is 0 Å². The highest BCUT2D eigenvalue weighted by molar-refractivity contribution is 6.18. The lowest BCUT2D eigenvalue weighted by atomic mass is 10.1. The third-order valence-corrected chi connectivity index (χ3v) is 3.34. The molecule has 0 aromatic heterocycles. The molecule has 0 radical (unpaired) electrons. The van der Waals surface area contributed by atoms with E-state index in [-0.39, 0.29) is 0 Å². The van der Waals surface area contributed by atoms with Crippen molar-refractivity contribution in [3.63, 3.8) is 0 Å². The van der Waals surface area contributed by atoms with Crippen LogP contribution in [0.5, 0.6) is 0 Å². The van der Waals surface area contributed by atoms with Crippen molar-refractivity contribution in [1.29, 1.82) is 0 Å². The quantitative estimate of drug-likeness (QED) is 0.482. The van der Waals surface area contributed by atoms with Gasteiger partial charge in [0.2, 0.25) is 0 Å². The van der Waals surface area contributed by atoms with Crippen molar-refractivity contribution in [3.05, 3.63) is 96.1 Å². The van der Waals surface area contributed by atoms with E-state index < -0.39 is 11.9 Å². The van der Waals surface area contributed by atoms with Crippen LogP contribution in [0.4, 0.5) is 0 Å². The maximum atomic E-state index is 11.8. The van der Waals surface area contributed by atoms with Crippen LogP contribution in [0.2, 0.25) is 0 Å². The number of nitrogens with zero attached hydrogens (tertiary/aromatic N) is 2. The Hall–Kier alpha value is -3.80. The molecule has 0 fully saturated rings. The van der Waals surface area contributed by atoms with Gasteiger partial charge in [-0.2, -0.15) is 0 Å². The Morgan fingerprint density at radius 3 is 1.27 bits per heavy atom. The maximum absolute atomic E-state index is 11.8. The van der Waals surface area contributed by atoms with Gasteiger partial charge in [0.25, 0.3) is 0 Å². The molecule has 26 heavy (non-hydrogen) atoms. The molecule has 0 spiro atoms. The molecule has 0 saturated heterocycles. The largest absolute Gasteiger partial charge is 0.365 e. The molecule has 0 aliphatic heterocycles. The van der Waals surface area contributed by atoms with Crippen LogP contribution >= 0.6 is 0 Å². The normalized spacial score (nSPS) is 12.5. The van der Waals surface area contributed by atoms with E-state index in [0.29, 0.717) is 22.6 Å². The summed E-state index contributed by atoms with van der Waals surface area (Å²) in [6.07, 6.45) is 6.36. The first kappa shape index (κ1) is 17.0. The summed E-state index contributed by atoms with van der Waals surface area (Å²) in [5.74, 6) is -1.09. The predicted molar refractivity (Wildman–Crippen MR) is 96.9 cm³/mol. The molecule has 0 heterocycles. The second-order valence-corrected chi connectivity index (χ2v) is 5.19. The Labute approximate surface area is 149 Å². The number of benzene rings is 2. The highest BCUT2D eigenvalue weighted by atomic mass is 16.7. The fourth-order valence-electron chi connectivity index (χ4n) is 2.02. The fraction of sp³-hybridized carbons (Fsp3) is 0. The average molecular weight is 346 g/mol. The van der Waals surface area contributed by atoms with Gasteiger partial charge in [-0.1, -0.05) is 46.7 Å². The number of hydrogen-bond donors (Lipinski definition) is 0. The van der Waals surface area contributed by atoms with Crippen LogP contribution in [0.25, 0.3) is 0 Å². The standard InChI is InChI=1S/C20H14N2O4/c23-19(15-7-3-1-4-8-15)25-21-17-11-13-18(14-12-17)22-26-20(24)16-9-5-2-6-10-16/h1-14H. The predicted octanol–water partition coefficient (Wildman–Crippen LogP) is 3.54. The van der Waals surface area contributed by atoms with Crippen molar-refractivity contribution in [3.8, 4) is 0 Å². The Balaban J connectivity index is 1.56. The van der Waals surface area contributed by atoms with E-state index in [1.165, 1.54) is 0 Å². The maximum Gasteiger partial charge on any atom is 0.365 e. The highest BCUT2D eigenvalue weighted by Crippen LogP contribution is 2.05. The van der Waals surface area contributed by atoms with Crippen LogP contribution in [-0.4, -0.2) is 23.4 Å². The Morgan fingerprint density at radius 2 is 0.923 bits per heavy atom. The van der Waals surface area contributed by atoms with Gasteiger partial charge in [-0.15, -0.1) is 0 Å². The molecule has 128 valence electrons. The summed E-state index contributed by atoms with van der Waals surface area (Å²) < 4.78 is 0. The van der Waals surface area contributed by atoms with Gasteiger partial charge in [-0.05, 0) is 48.6 Å². The zero-order chi connectivity index (χ0) is 18.2. The van der Waals surface area contributed by atoms with Crippen molar-refractivity contribution in [2.24, 2.45) is 10.3 Å². The van der Waals surface area contributed by atoms with Crippen LogP contribution in [0, 0.1) is 0 Å². The van der Waals surface area contributed by atoms with Gasteiger partial charge in [-0.25, -0.2) is 9.59 Å². The van der Waals surface area contributed by atoms with Crippen LogP contribution in [0.1, 0.15) is 20.7 Å². The molecule has 0 N–H and O–H groups in total. The van der Waals surface area contributed by atoms with Gasteiger partial charge >= 0.3 is 11.9 Å². The van der Waals surface area contributed by atoms with Crippen LogP contribution < -0.4 is 0 Å². The van der Waals surface area contributed by atoms with Crippen molar-refractivity contribution < 1.29 is 19.3 Å². The van der Waals surface area contributed by atoms with Gasteiger partial charge in [0.05, 0.1) is 11.1 Å². The van der Waals surface area contributed by atoms with Crippen LogP contribution in [-0.2, 0) is 9.68 Å². The summed E-state index contributed by atoms with van der Waals surface area (Å²) in [6.45, 7) is 0. The second kappa shape index (κ2) is 8.34. The minimum absolute atomic E-state index is 0.413. The van der Waals surface area contributed by atoms with E-state index >= 15 is 0 Å². The molecule has 0 amide bonds. The number of hydrogen-bond acceptors (Lipinski definition) is 6. The monoisotopic (exact) mass is 346 g/mol. The van der Waals surface area contributed by atoms with E-state index in [0.717, 1.165) is 0 Å². The molecule has 0 bridgehead atoms. The minimum atomic E-state index is -0.545. The minimum Gasteiger partial charge on any atom is -0.312 e. The number of rotatable bonds is 4. The number of carbonyl (C=O) groups excluding carboxylic acids is 2. The van der Waals surface area contributed by atoms with Crippen molar-refractivity contribution in [2.45, 2.75) is 0 Å². The first-order chi connectivity index (χ1) is 12.7. The number of carbonyl (C=O) groups is 2. The topological polar surface area (TPSA) is 77.3 Å². The van der Waals surface area contributed by atoms with E-state index in [9.17, 15) is 9.59 Å².